The molecule has 0 spiro atoms. The molecule has 1 rings (SSSR count). The molecule has 0 aromatic carbocycles. The number of hydrogen-bond acceptors (Lipinski definition) is 4. The first-order valence-electron chi connectivity index (χ1n) is 5.87. The Morgan fingerprint density at radius 2 is 2.06 bits per heavy atom. The summed E-state index contributed by atoms with van der Waals surface area (Å²) in [6, 6.07) is 3.93. The molecule has 0 atom stereocenters. The summed E-state index contributed by atoms with van der Waals surface area (Å²) in [6.45, 7) is 8.91. The molecule has 0 saturated heterocycles. The van der Waals surface area contributed by atoms with E-state index in [-0.39, 0.29) is 0 Å². The lowest BCUT2D eigenvalue weighted by atomic mass is 10.4. The fraction of sp³-hybridized carbons (Fsp3) is 0.667. The van der Waals surface area contributed by atoms with Crippen LogP contribution in [0.1, 0.15) is 25.4 Å². The maximum absolute atomic E-state index is 5.56. The van der Waals surface area contributed by atoms with Crippen LogP contribution in [-0.4, -0.2) is 31.2 Å². The molecule has 1 aromatic heterocycles. The van der Waals surface area contributed by atoms with E-state index in [2.05, 4.69) is 11.8 Å². The third-order valence-corrected chi connectivity index (χ3v) is 2.50. The van der Waals surface area contributed by atoms with E-state index >= 15 is 0 Å². The average Bonchev–Trinajstić information content (AvgIpc) is 2.75. The lowest BCUT2D eigenvalue weighted by Crippen LogP contribution is -2.26. The highest BCUT2D eigenvalue weighted by molar-refractivity contribution is 5.06. The summed E-state index contributed by atoms with van der Waals surface area (Å²) in [5, 5.41) is 0. The zero-order valence-electron chi connectivity index (χ0n) is 10.2. The van der Waals surface area contributed by atoms with Gasteiger partial charge in [0.15, 0.2) is 0 Å². The minimum Gasteiger partial charge on any atom is -0.463 e. The molecule has 92 valence electrons. The third-order valence-electron chi connectivity index (χ3n) is 2.50. The Morgan fingerprint density at radius 1 is 1.31 bits per heavy atom. The molecule has 0 fully saturated rings. The topological polar surface area (TPSA) is 51.6 Å². The fourth-order valence-corrected chi connectivity index (χ4v) is 1.52. The van der Waals surface area contributed by atoms with E-state index in [1.807, 2.05) is 19.1 Å². The Kier molecular flexibility index (Phi) is 6.15. The van der Waals surface area contributed by atoms with E-state index in [9.17, 15) is 0 Å². The highest BCUT2D eigenvalue weighted by Crippen LogP contribution is 2.09. The number of ether oxygens (including phenoxy) is 1. The molecule has 0 aliphatic heterocycles. The number of nitrogens with zero attached hydrogens (tertiary/aromatic N) is 1. The van der Waals surface area contributed by atoms with Crippen molar-refractivity contribution in [3.05, 3.63) is 23.7 Å². The number of rotatable bonds is 8. The Balaban J connectivity index is 2.36. The van der Waals surface area contributed by atoms with Gasteiger partial charge in [0.2, 0.25) is 0 Å². The summed E-state index contributed by atoms with van der Waals surface area (Å²) in [7, 11) is 0. The summed E-state index contributed by atoms with van der Waals surface area (Å²) >= 11 is 0. The Morgan fingerprint density at radius 3 is 2.62 bits per heavy atom. The van der Waals surface area contributed by atoms with E-state index in [0.29, 0.717) is 6.54 Å². The predicted octanol–water partition coefficient (Wildman–Crippen LogP) is 1.60. The van der Waals surface area contributed by atoms with Crippen LogP contribution in [0, 0.1) is 0 Å². The summed E-state index contributed by atoms with van der Waals surface area (Å²) in [5.74, 6) is 1.81. The Bertz CT molecular complexity index is 286. The van der Waals surface area contributed by atoms with Gasteiger partial charge in [0.1, 0.15) is 11.5 Å². The van der Waals surface area contributed by atoms with E-state index in [1.165, 1.54) is 0 Å². The average molecular weight is 226 g/mol. The lowest BCUT2D eigenvalue weighted by molar-refractivity contribution is 0.110. The predicted molar refractivity (Wildman–Crippen MR) is 64.0 cm³/mol. The molecule has 4 heteroatoms. The smallest absolute Gasteiger partial charge is 0.118 e. The van der Waals surface area contributed by atoms with E-state index < -0.39 is 0 Å². The van der Waals surface area contributed by atoms with Gasteiger partial charge in [-0.25, -0.2) is 0 Å². The van der Waals surface area contributed by atoms with Crippen LogP contribution in [0.25, 0.3) is 0 Å². The second-order valence-corrected chi connectivity index (χ2v) is 3.64. The minimum absolute atomic E-state index is 0.463. The van der Waals surface area contributed by atoms with Crippen LogP contribution in [0.4, 0.5) is 0 Å². The van der Waals surface area contributed by atoms with Gasteiger partial charge in [-0.2, -0.15) is 0 Å². The first kappa shape index (κ1) is 13.2. The van der Waals surface area contributed by atoms with Gasteiger partial charge in [-0.1, -0.05) is 6.92 Å². The van der Waals surface area contributed by atoms with Crippen LogP contribution in [0.3, 0.4) is 0 Å². The second kappa shape index (κ2) is 7.44. The molecule has 0 unspecified atom stereocenters. The summed E-state index contributed by atoms with van der Waals surface area (Å²) in [5.41, 5.74) is 5.50. The highest BCUT2D eigenvalue weighted by atomic mass is 16.5. The molecule has 0 aliphatic carbocycles. The third kappa shape index (κ3) is 4.35. The second-order valence-electron chi connectivity index (χ2n) is 3.64. The molecular weight excluding hydrogens is 204 g/mol. The standard InChI is InChI=1S/C12H22N2O2/c1-3-14(7-8-15-4-2)10-12-6-5-11(9-13)16-12/h5-6H,3-4,7-10,13H2,1-2H3. The molecule has 0 radical (unpaired) electrons. The number of likely N-dealkylation sites (N-methyl/N-ethyl adjacent to an activating group) is 1. The van der Waals surface area contributed by atoms with Crippen molar-refractivity contribution in [2.75, 3.05) is 26.3 Å². The zero-order chi connectivity index (χ0) is 11.8. The van der Waals surface area contributed by atoms with Gasteiger partial charge in [-0.05, 0) is 25.6 Å². The summed E-state index contributed by atoms with van der Waals surface area (Å²) in [6.07, 6.45) is 0. The largest absolute Gasteiger partial charge is 0.463 e. The van der Waals surface area contributed by atoms with Gasteiger partial charge in [0.25, 0.3) is 0 Å². The number of hydrogen-bond donors (Lipinski definition) is 1. The summed E-state index contributed by atoms with van der Waals surface area (Å²) in [4.78, 5) is 2.29. The first-order valence-corrected chi connectivity index (χ1v) is 5.87. The molecule has 0 aliphatic rings. The van der Waals surface area contributed by atoms with Crippen molar-refractivity contribution < 1.29 is 9.15 Å². The van der Waals surface area contributed by atoms with E-state index in [4.69, 9.17) is 14.9 Å². The Labute approximate surface area is 97.4 Å². The molecule has 1 heterocycles. The van der Waals surface area contributed by atoms with Crippen molar-refractivity contribution in [2.45, 2.75) is 26.9 Å². The van der Waals surface area contributed by atoms with Crippen LogP contribution in [-0.2, 0) is 17.8 Å². The van der Waals surface area contributed by atoms with Gasteiger partial charge in [-0.3, -0.25) is 4.90 Å². The molecule has 0 saturated carbocycles. The van der Waals surface area contributed by atoms with Gasteiger partial charge < -0.3 is 14.9 Å². The SMILES string of the molecule is CCOCCN(CC)Cc1ccc(CN)o1. The Hall–Kier alpha value is -0.840. The van der Waals surface area contributed by atoms with Crippen LogP contribution in [0.2, 0.25) is 0 Å². The molecule has 0 amide bonds. The zero-order valence-corrected chi connectivity index (χ0v) is 10.2. The van der Waals surface area contributed by atoms with Crippen LogP contribution < -0.4 is 5.73 Å². The van der Waals surface area contributed by atoms with Gasteiger partial charge in [-0.15, -0.1) is 0 Å². The molecular formula is C12H22N2O2. The number of furan rings is 1. The van der Waals surface area contributed by atoms with Crippen molar-refractivity contribution in [1.82, 2.24) is 4.90 Å². The molecule has 1 aromatic rings. The molecule has 0 bridgehead atoms. The normalized spacial score (nSPS) is 11.2. The minimum atomic E-state index is 0.463. The quantitative estimate of drug-likeness (QED) is 0.684. The fourth-order valence-electron chi connectivity index (χ4n) is 1.52. The van der Waals surface area contributed by atoms with Crippen molar-refractivity contribution in [2.24, 2.45) is 5.73 Å². The number of nitrogens with two attached hydrogens (primary N) is 1. The monoisotopic (exact) mass is 226 g/mol. The van der Waals surface area contributed by atoms with Crippen molar-refractivity contribution in [3.8, 4) is 0 Å². The maximum atomic E-state index is 5.56. The van der Waals surface area contributed by atoms with E-state index in [1.54, 1.807) is 0 Å². The molecule has 4 nitrogen and oxygen atoms in total. The first-order chi connectivity index (χ1) is 7.80. The van der Waals surface area contributed by atoms with Gasteiger partial charge >= 0.3 is 0 Å². The van der Waals surface area contributed by atoms with Crippen LogP contribution in [0.15, 0.2) is 16.5 Å². The lowest BCUT2D eigenvalue weighted by Gasteiger charge is -2.18. The van der Waals surface area contributed by atoms with Crippen molar-refractivity contribution >= 4 is 0 Å². The molecule has 2 N–H and O–H groups in total. The van der Waals surface area contributed by atoms with Crippen molar-refractivity contribution in [3.63, 3.8) is 0 Å². The van der Waals surface area contributed by atoms with Crippen molar-refractivity contribution in [1.29, 1.82) is 0 Å². The highest BCUT2D eigenvalue weighted by Gasteiger charge is 2.06. The van der Waals surface area contributed by atoms with Crippen LogP contribution in [0.5, 0.6) is 0 Å². The van der Waals surface area contributed by atoms with E-state index in [0.717, 1.165) is 44.4 Å². The summed E-state index contributed by atoms with van der Waals surface area (Å²) < 4.78 is 10.9. The maximum Gasteiger partial charge on any atom is 0.118 e. The van der Waals surface area contributed by atoms with Crippen LogP contribution >= 0.6 is 0 Å². The van der Waals surface area contributed by atoms with Gasteiger partial charge in [0.05, 0.1) is 19.7 Å². The van der Waals surface area contributed by atoms with Gasteiger partial charge in [0, 0.05) is 13.2 Å². The molecule has 16 heavy (non-hydrogen) atoms.